The van der Waals surface area contributed by atoms with Gasteiger partial charge in [0.1, 0.15) is 6.04 Å². The molecule has 1 aromatic carbocycles. The molecule has 2 heterocycles. The average Bonchev–Trinajstić information content (AvgIpc) is 2.90. The summed E-state index contributed by atoms with van der Waals surface area (Å²) in [4.78, 5) is 14.8. The number of anilines is 1. The molecule has 2 aliphatic rings. The molecule has 1 fully saturated rings. The third-order valence-electron chi connectivity index (χ3n) is 4.45. The largest absolute Gasteiger partial charge is 0.373 e. The molecule has 0 aliphatic carbocycles. The number of piperidine rings is 1. The Morgan fingerprint density at radius 3 is 3.00 bits per heavy atom. The summed E-state index contributed by atoms with van der Waals surface area (Å²) in [6.45, 7) is 3.12. The summed E-state index contributed by atoms with van der Waals surface area (Å²) in [7, 11) is 0. The number of carbonyl (C=O) groups is 1. The lowest BCUT2D eigenvalue weighted by Gasteiger charge is -2.36. The van der Waals surface area contributed by atoms with Gasteiger partial charge in [-0.1, -0.05) is 25.1 Å². The molecule has 0 bridgehead atoms. The van der Waals surface area contributed by atoms with Crippen LogP contribution in [0.1, 0.15) is 38.2 Å². The van der Waals surface area contributed by atoms with Crippen molar-refractivity contribution in [2.24, 2.45) is 0 Å². The van der Waals surface area contributed by atoms with Crippen LogP contribution in [-0.2, 0) is 11.2 Å². The number of fused-ring (bicyclic) bond motifs is 1. The molecule has 0 radical (unpaired) electrons. The molecule has 2 unspecified atom stereocenters. The monoisotopic (exact) mass is 258 g/mol. The zero-order valence-corrected chi connectivity index (χ0v) is 11.6. The highest BCUT2D eigenvalue weighted by molar-refractivity contribution is 5.87. The second-order valence-corrected chi connectivity index (χ2v) is 5.65. The van der Waals surface area contributed by atoms with E-state index >= 15 is 0 Å². The van der Waals surface area contributed by atoms with Gasteiger partial charge in [0.25, 0.3) is 0 Å². The molecular formula is C16H22N2O. The first kappa shape index (κ1) is 12.5. The van der Waals surface area contributed by atoms with Gasteiger partial charge in [0.15, 0.2) is 0 Å². The zero-order valence-electron chi connectivity index (χ0n) is 11.6. The number of benzene rings is 1. The molecular weight excluding hydrogens is 236 g/mol. The van der Waals surface area contributed by atoms with Gasteiger partial charge < -0.3 is 10.2 Å². The number of para-hydroxylation sites is 1. The van der Waals surface area contributed by atoms with Crippen molar-refractivity contribution >= 4 is 11.6 Å². The van der Waals surface area contributed by atoms with Crippen LogP contribution in [0.2, 0.25) is 0 Å². The van der Waals surface area contributed by atoms with E-state index in [1.165, 1.54) is 18.4 Å². The fraction of sp³-hybridized carbons (Fsp3) is 0.562. The lowest BCUT2D eigenvalue weighted by molar-refractivity contribution is -0.135. The molecule has 0 saturated carbocycles. The zero-order chi connectivity index (χ0) is 13.2. The van der Waals surface area contributed by atoms with E-state index in [9.17, 15) is 4.79 Å². The van der Waals surface area contributed by atoms with Gasteiger partial charge in [-0.25, -0.2) is 0 Å². The van der Waals surface area contributed by atoms with Crippen molar-refractivity contribution in [2.45, 2.75) is 51.1 Å². The topological polar surface area (TPSA) is 32.3 Å². The van der Waals surface area contributed by atoms with Gasteiger partial charge >= 0.3 is 0 Å². The predicted molar refractivity (Wildman–Crippen MR) is 77.2 cm³/mol. The van der Waals surface area contributed by atoms with E-state index < -0.39 is 0 Å². The Balaban J connectivity index is 1.72. The molecule has 0 spiro atoms. The van der Waals surface area contributed by atoms with Gasteiger partial charge in [-0.05, 0) is 37.3 Å². The van der Waals surface area contributed by atoms with Crippen LogP contribution in [0.5, 0.6) is 0 Å². The first-order valence-corrected chi connectivity index (χ1v) is 7.44. The Morgan fingerprint density at radius 1 is 1.37 bits per heavy atom. The number of hydrogen-bond acceptors (Lipinski definition) is 2. The third kappa shape index (κ3) is 2.34. The summed E-state index contributed by atoms with van der Waals surface area (Å²) in [5.41, 5.74) is 2.40. The van der Waals surface area contributed by atoms with E-state index in [4.69, 9.17) is 0 Å². The fourth-order valence-corrected chi connectivity index (χ4v) is 3.36. The Hall–Kier alpha value is -1.51. The number of hydrogen-bond donors (Lipinski definition) is 1. The van der Waals surface area contributed by atoms with Crippen molar-refractivity contribution in [1.82, 2.24) is 4.90 Å². The summed E-state index contributed by atoms with van der Waals surface area (Å²) in [6, 6.07) is 8.65. The average molecular weight is 258 g/mol. The lowest BCUT2D eigenvalue weighted by Crippen LogP contribution is -2.49. The Bertz CT molecular complexity index is 447. The molecule has 2 atom stereocenters. The molecule has 3 nitrogen and oxygen atoms in total. The lowest BCUT2D eigenvalue weighted by atomic mass is 9.98. The van der Waals surface area contributed by atoms with Crippen molar-refractivity contribution < 1.29 is 4.79 Å². The number of rotatable bonds is 2. The second kappa shape index (κ2) is 5.24. The van der Waals surface area contributed by atoms with E-state index in [-0.39, 0.29) is 6.04 Å². The second-order valence-electron chi connectivity index (χ2n) is 5.65. The van der Waals surface area contributed by atoms with Crippen molar-refractivity contribution in [3.63, 3.8) is 0 Å². The first-order chi connectivity index (χ1) is 9.29. The first-order valence-electron chi connectivity index (χ1n) is 7.44. The number of nitrogens with one attached hydrogen (secondary N) is 1. The highest BCUT2D eigenvalue weighted by atomic mass is 16.2. The normalized spacial score (nSPS) is 25.8. The minimum Gasteiger partial charge on any atom is -0.373 e. The van der Waals surface area contributed by atoms with Crippen molar-refractivity contribution in [3.05, 3.63) is 29.8 Å². The Labute approximate surface area is 115 Å². The molecule has 2 aliphatic heterocycles. The smallest absolute Gasteiger partial charge is 0.245 e. The molecule has 3 rings (SSSR count). The van der Waals surface area contributed by atoms with E-state index in [0.717, 1.165) is 31.5 Å². The summed E-state index contributed by atoms with van der Waals surface area (Å²) >= 11 is 0. The van der Waals surface area contributed by atoms with E-state index in [1.807, 2.05) is 12.1 Å². The van der Waals surface area contributed by atoms with Crippen LogP contribution in [0.25, 0.3) is 0 Å². The van der Waals surface area contributed by atoms with Gasteiger partial charge in [-0.15, -0.1) is 0 Å². The number of likely N-dealkylation sites (tertiary alicyclic amines) is 1. The Kier molecular flexibility index (Phi) is 3.45. The Morgan fingerprint density at radius 2 is 2.21 bits per heavy atom. The van der Waals surface area contributed by atoms with Crippen LogP contribution in [0.3, 0.4) is 0 Å². The van der Waals surface area contributed by atoms with Gasteiger partial charge in [-0.2, -0.15) is 0 Å². The van der Waals surface area contributed by atoms with Crippen molar-refractivity contribution in [2.75, 3.05) is 11.9 Å². The molecule has 19 heavy (non-hydrogen) atoms. The van der Waals surface area contributed by atoms with Crippen molar-refractivity contribution in [1.29, 1.82) is 0 Å². The molecule has 102 valence electrons. The summed E-state index contributed by atoms with van der Waals surface area (Å²) in [5.74, 6) is 0.294. The van der Waals surface area contributed by atoms with Crippen LogP contribution in [0.4, 0.5) is 5.69 Å². The molecule has 1 aromatic rings. The number of nitrogens with zero attached hydrogens (tertiary/aromatic N) is 1. The molecule has 1 saturated heterocycles. The number of carbonyl (C=O) groups excluding carboxylic acids is 1. The molecule has 1 amide bonds. The minimum atomic E-state index is -0.0513. The molecule has 3 heteroatoms. The van der Waals surface area contributed by atoms with Crippen LogP contribution in [0, 0.1) is 0 Å². The van der Waals surface area contributed by atoms with E-state index in [1.54, 1.807) is 0 Å². The van der Waals surface area contributed by atoms with E-state index in [0.29, 0.717) is 11.9 Å². The van der Waals surface area contributed by atoms with Crippen molar-refractivity contribution in [3.8, 4) is 0 Å². The van der Waals surface area contributed by atoms with Crippen LogP contribution < -0.4 is 5.32 Å². The maximum atomic E-state index is 12.7. The summed E-state index contributed by atoms with van der Waals surface area (Å²) in [6.07, 6.45) is 5.50. The van der Waals surface area contributed by atoms with Gasteiger partial charge in [0.05, 0.1) is 0 Å². The van der Waals surface area contributed by atoms with E-state index in [2.05, 4.69) is 29.3 Å². The minimum absolute atomic E-state index is 0.0513. The standard InChI is InChI=1S/C16H22N2O/c1-2-13-8-5-6-10-18(13)16(19)15-11-12-7-3-4-9-14(12)17-15/h3-4,7,9,13,15,17H,2,5-6,8,10-11H2,1H3. The van der Waals surface area contributed by atoms with Gasteiger partial charge in [-0.3, -0.25) is 4.79 Å². The highest BCUT2D eigenvalue weighted by Crippen LogP contribution is 2.28. The third-order valence-corrected chi connectivity index (χ3v) is 4.45. The SMILES string of the molecule is CCC1CCCCN1C(=O)C1Cc2ccccc2N1. The quantitative estimate of drug-likeness (QED) is 0.884. The van der Waals surface area contributed by atoms with Crippen LogP contribution in [0.15, 0.2) is 24.3 Å². The predicted octanol–water partition coefficient (Wildman–Crippen LogP) is 2.81. The van der Waals surface area contributed by atoms with Gasteiger partial charge in [0.2, 0.25) is 5.91 Å². The fourth-order valence-electron chi connectivity index (χ4n) is 3.36. The summed E-state index contributed by atoms with van der Waals surface area (Å²) in [5, 5.41) is 3.38. The highest BCUT2D eigenvalue weighted by Gasteiger charge is 2.33. The van der Waals surface area contributed by atoms with Crippen LogP contribution in [-0.4, -0.2) is 29.4 Å². The maximum Gasteiger partial charge on any atom is 0.245 e. The molecule has 1 N–H and O–H groups in total. The maximum absolute atomic E-state index is 12.7. The number of amides is 1. The van der Waals surface area contributed by atoms with Gasteiger partial charge in [0, 0.05) is 24.7 Å². The van der Waals surface area contributed by atoms with Crippen LogP contribution >= 0.6 is 0 Å². The molecule has 0 aromatic heterocycles. The summed E-state index contributed by atoms with van der Waals surface area (Å²) < 4.78 is 0.